The third-order valence-electron chi connectivity index (χ3n) is 4.42. The van der Waals surface area contributed by atoms with Gasteiger partial charge in [0.15, 0.2) is 17.3 Å². The molecule has 0 unspecified atom stereocenters. The molecular weight excluding hydrogens is 322 g/mol. The van der Waals surface area contributed by atoms with Crippen LogP contribution in [0.5, 0.6) is 0 Å². The van der Waals surface area contributed by atoms with Crippen LogP contribution in [-0.2, 0) is 0 Å². The molecule has 1 N–H and O–H groups in total. The molecule has 0 bridgehead atoms. The molecule has 3 aromatic rings. The van der Waals surface area contributed by atoms with Gasteiger partial charge in [0.05, 0.1) is 0 Å². The van der Waals surface area contributed by atoms with E-state index in [0.717, 1.165) is 18.4 Å². The number of benzene rings is 1. The monoisotopic (exact) mass is 341 g/mol. The quantitative estimate of drug-likeness (QED) is 0.768. The van der Waals surface area contributed by atoms with E-state index in [1.165, 1.54) is 0 Å². The highest BCUT2D eigenvalue weighted by Crippen LogP contribution is 2.27. The molecule has 2 aromatic heterocycles. The molecule has 0 saturated carbocycles. The Bertz CT molecular complexity index is 908. The second-order valence-corrected chi connectivity index (χ2v) is 6.29. The van der Waals surface area contributed by atoms with Crippen molar-refractivity contribution >= 4 is 22.8 Å². The summed E-state index contributed by atoms with van der Waals surface area (Å²) < 4.78 is 10.7. The second kappa shape index (κ2) is 6.19. The Morgan fingerprint density at radius 3 is 2.76 bits per heavy atom. The van der Waals surface area contributed by atoms with Gasteiger partial charge in [-0.2, -0.15) is 4.98 Å². The Morgan fingerprint density at radius 1 is 1.24 bits per heavy atom. The van der Waals surface area contributed by atoms with E-state index in [0.29, 0.717) is 42.0 Å². The fourth-order valence-electron chi connectivity index (χ4n) is 3.13. The van der Waals surface area contributed by atoms with Crippen molar-refractivity contribution in [3.05, 3.63) is 35.8 Å². The first kappa shape index (κ1) is 15.6. The zero-order chi connectivity index (χ0) is 17.4. The number of piperidine rings is 1. The summed E-state index contributed by atoms with van der Waals surface area (Å²) in [5.41, 5.74) is 2.16. The standard InChI is InChI=1S/C17H19N5O3/c1-10-18-16(25-21-10)12-5-7-22(8-6-12)17(23)20-13-3-4-15-14(9-13)19-11(2)24-15/h3-4,9,12H,5-8H2,1-2H3,(H,20,23). The molecule has 1 aliphatic rings. The first-order valence-corrected chi connectivity index (χ1v) is 8.32. The minimum atomic E-state index is -0.111. The zero-order valence-electron chi connectivity index (χ0n) is 14.2. The summed E-state index contributed by atoms with van der Waals surface area (Å²) in [7, 11) is 0. The number of nitrogens with one attached hydrogen (secondary N) is 1. The fourth-order valence-corrected chi connectivity index (χ4v) is 3.13. The van der Waals surface area contributed by atoms with E-state index in [2.05, 4.69) is 20.4 Å². The lowest BCUT2D eigenvalue weighted by atomic mass is 9.97. The maximum Gasteiger partial charge on any atom is 0.321 e. The molecule has 130 valence electrons. The summed E-state index contributed by atoms with van der Waals surface area (Å²) in [4.78, 5) is 22.9. The summed E-state index contributed by atoms with van der Waals surface area (Å²) in [6.45, 7) is 4.92. The first-order chi connectivity index (χ1) is 12.1. The topological polar surface area (TPSA) is 97.3 Å². The van der Waals surface area contributed by atoms with Gasteiger partial charge >= 0.3 is 6.03 Å². The number of oxazole rings is 1. The number of aromatic nitrogens is 3. The number of hydrogen-bond acceptors (Lipinski definition) is 6. The van der Waals surface area contributed by atoms with E-state index in [9.17, 15) is 4.79 Å². The Hall–Kier alpha value is -2.90. The fraction of sp³-hybridized carbons (Fsp3) is 0.412. The van der Waals surface area contributed by atoms with Gasteiger partial charge in [0.25, 0.3) is 0 Å². The Labute approximate surface area is 144 Å². The van der Waals surface area contributed by atoms with E-state index >= 15 is 0 Å². The third-order valence-corrected chi connectivity index (χ3v) is 4.42. The van der Waals surface area contributed by atoms with Gasteiger partial charge in [0.1, 0.15) is 5.52 Å². The number of carbonyl (C=O) groups is 1. The highest BCUT2D eigenvalue weighted by atomic mass is 16.5. The molecule has 8 heteroatoms. The normalized spacial score (nSPS) is 15.7. The van der Waals surface area contributed by atoms with Gasteiger partial charge in [0.2, 0.25) is 5.89 Å². The minimum Gasteiger partial charge on any atom is -0.441 e. The van der Waals surface area contributed by atoms with Crippen molar-refractivity contribution in [2.24, 2.45) is 0 Å². The van der Waals surface area contributed by atoms with Gasteiger partial charge in [-0.15, -0.1) is 0 Å². The number of nitrogens with zero attached hydrogens (tertiary/aromatic N) is 4. The van der Waals surface area contributed by atoms with E-state index < -0.39 is 0 Å². The van der Waals surface area contributed by atoms with Crippen LogP contribution >= 0.6 is 0 Å². The number of carbonyl (C=O) groups excluding carboxylic acids is 1. The Morgan fingerprint density at radius 2 is 2.04 bits per heavy atom. The molecule has 1 saturated heterocycles. The lowest BCUT2D eigenvalue weighted by Gasteiger charge is -2.30. The zero-order valence-corrected chi connectivity index (χ0v) is 14.2. The van der Waals surface area contributed by atoms with Crippen molar-refractivity contribution in [2.75, 3.05) is 18.4 Å². The molecule has 0 radical (unpaired) electrons. The minimum absolute atomic E-state index is 0.111. The number of urea groups is 1. The maximum atomic E-state index is 12.5. The first-order valence-electron chi connectivity index (χ1n) is 8.32. The molecule has 0 aliphatic carbocycles. The highest BCUT2D eigenvalue weighted by Gasteiger charge is 2.27. The highest BCUT2D eigenvalue weighted by molar-refractivity contribution is 5.91. The Kier molecular flexibility index (Phi) is 3.87. The van der Waals surface area contributed by atoms with Crippen LogP contribution in [0.3, 0.4) is 0 Å². The van der Waals surface area contributed by atoms with E-state index in [1.807, 2.05) is 25.1 Å². The largest absolute Gasteiger partial charge is 0.441 e. The Balaban J connectivity index is 1.38. The number of likely N-dealkylation sites (tertiary alicyclic amines) is 1. The van der Waals surface area contributed by atoms with Gasteiger partial charge in [0, 0.05) is 31.6 Å². The number of anilines is 1. The lowest BCUT2D eigenvalue weighted by Crippen LogP contribution is -2.40. The number of hydrogen-bond donors (Lipinski definition) is 1. The molecule has 2 amide bonds. The summed E-state index contributed by atoms with van der Waals surface area (Å²) in [6, 6.07) is 5.34. The predicted octanol–water partition coefficient (Wildman–Crippen LogP) is 3.24. The van der Waals surface area contributed by atoms with Gasteiger partial charge < -0.3 is 19.2 Å². The van der Waals surface area contributed by atoms with Crippen LogP contribution in [0.4, 0.5) is 10.5 Å². The number of amides is 2. The van der Waals surface area contributed by atoms with E-state index in [1.54, 1.807) is 11.8 Å². The van der Waals surface area contributed by atoms with E-state index in [4.69, 9.17) is 8.94 Å². The number of aryl methyl sites for hydroxylation is 2. The van der Waals surface area contributed by atoms with Crippen LogP contribution < -0.4 is 5.32 Å². The summed E-state index contributed by atoms with van der Waals surface area (Å²) in [5, 5.41) is 6.76. The third kappa shape index (κ3) is 3.19. The molecule has 3 heterocycles. The summed E-state index contributed by atoms with van der Waals surface area (Å²) in [5.74, 6) is 2.15. The number of fused-ring (bicyclic) bond motifs is 1. The molecule has 1 aliphatic heterocycles. The van der Waals surface area contributed by atoms with Gasteiger partial charge in [-0.3, -0.25) is 0 Å². The van der Waals surface area contributed by atoms with Crippen molar-refractivity contribution in [2.45, 2.75) is 32.6 Å². The lowest BCUT2D eigenvalue weighted by molar-refractivity contribution is 0.187. The van der Waals surface area contributed by atoms with Gasteiger partial charge in [-0.05, 0) is 38.0 Å². The van der Waals surface area contributed by atoms with E-state index in [-0.39, 0.29) is 11.9 Å². The molecule has 1 aromatic carbocycles. The molecular formula is C17H19N5O3. The number of rotatable bonds is 2. The molecule has 0 atom stereocenters. The maximum absolute atomic E-state index is 12.5. The average molecular weight is 341 g/mol. The van der Waals surface area contributed by atoms with Crippen molar-refractivity contribution in [3.63, 3.8) is 0 Å². The summed E-state index contributed by atoms with van der Waals surface area (Å²) in [6.07, 6.45) is 1.63. The van der Waals surface area contributed by atoms with Crippen LogP contribution in [0.15, 0.2) is 27.1 Å². The van der Waals surface area contributed by atoms with Crippen molar-refractivity contribution < 1.29 is 13.7 Å². The predicted molar refractivity (Wildman–Crippen MR) is 90.3 cm³/mol. The van der Waals surface area contributed by atoms with Crippen LogP contribution in [-0.4, -0.2) is 39.1 Å². The molecule has 25 heavy (non-hydrogen) atoms. The molecule has 4 rings (SSSR count). The molecule has 0 spiro atoms. The molecule has 1 fully saturated rings. The van der Waals surface area contributed by atoms with Crippen LogP contribution in [0.25, 0.3) is 11.1 Å². The summed E-state index contributed by atoms with van der Waals surface area (Å²) >= 11 is 0. The van der Waals surface area contributed by atoms with Crippen LogP contribution in [0, 0.1) is 13.8 Å². The van der Waals surface area contributed by atoms with Crippen LogP contribution in [0.2, 0.25) is 0 Å². The second-order valence-electron chi connectivity index (χ2n) is 6.29. The van der Waals surface area contributed by atoms with Crippen molar-refractivity contribution in [1.82, 2.24) is 20.0 Å². The average Bonchev–Trinajstić information content (AvgIpc) is 3.19. The van der Waals surface area contributed by atoms with Crippen LogP contribution in [0.1, 0.15) is 36.4 Å². The van der Waals surface area contributed by atoms with Gasteiger partial charge in [-0.25, -0.2) is 9.78 Å². The van der Waals surface area contributed by atoms with Gasteiger partial charge in [-0.1, -0.05) is 5.16 Å². The SMILES string of the molecule is Cc1noc(C2CCN(C(=O)Nc3ccc4oc(C)nc4c3)CC2)n1. The van der Waals surface area contributed by atoms with Crippen molar-refractivity contribution in [3.8, 4) is 0 Å². The smallest absolute Gasteiger partial charge is 0.321 e. The molecule has 8 nitrogen and oxygen atoms in total. The van der Waals surface area contributed by atoms with Crippen molar-refractivity contribution in [1.29, 1.82) is 0 Å².